The van der Waals surface area contributed by atoms with Crippen LogP contribution in [0.25, 0.3) is 11.1 Å². The number of amides is 1. The lowest BCUT2D eigenvalue weighted by molar-refractivity contribution is -0.117. The quantitative estimate of drug-likeness (QED) is 0.240. The van der Waals surface area contributed by atoms with Crippen LogP contribution in [0, 0.1) is 11.7 Å². The molecular formula is C32H30FNO4. The largest absolute Gasteiger partial charge is 0.508 e. The van der Waals surface area contributed by atoms with Gasteiger partial charge in [-0.3, -0.25) is 4.79 Å². The molecule has 1 aliphatic heterocycles. The zero-order chi connectivity index (χ0) is 26.6. The molecule has 38 heavy (non-hydrogen) atoms. The van der Waals surface area contributed by atoms with Crippen molar-refractivity contribution in [2.75, 3.05) is 4.90 Å². The number of aliphatic hydroxyl groups excluding tert-OH is 1. The number of rotatable bonds is 8. The summed E-state index contributed by atoms with van der Waals surface area (Å²) in [6, 6.07) is 27.2. The SMILES string of the molecule is O=C1CC(CCCC(O)c2ccc(F)cc2)C(c2ccc(-c3cccc(O)c3)cc2O)N1c1ccccc1. The number of anilines is 1. The van der Waals surface area contributed by atoms with E-state index in [1.165, 1.54) is 12.1 Å². The van der Waals surface area contributed by atoms with Gasteiger partial charge in [-0.25, -0.2) is 4.39 Å². The Balaban J connectivity index is 1.41. The highest BCUT2D eigenvalue weighted by molar-refractivity contribution is 5.97. The minimum absolute atomic E-state index is 0.0123. The first-order chi connectivity index (χ1) is 18.4. The Labute approximate surface area is 221 Å². The van der Waals surface area contributed by atoms with E-state index in [0.717, 1.165) is 16.8 Å². The molecule has 0 bridgehead atoms. The highest BCUT2D eigenvalue weighted by Gasteiger charge is 2.42. The van der Waals surface area contributed by atoms with E-state index >= 15 is 0 Å². The molecule has 0 aromatic heterocycles. The van der Waals surface area contributed by atoms with E-state index in [2.05, 4.69) is 0 Å². The molecule has 3 unspecified atom stereocenters. The predicted molar refractivity (Wildman–Crippen MR) is 145 cm³/mol. The molecule has 1 amide bonds. The van der Waals surface area contributed by atoms with E-state index in [-0.39, 0.29) is 35.2 Å². The Hall–Kier alpha value is -4.16. The first kappa shape index (κ1) is 25.5. The Bertz CT molecular complexity index is 1410. The fourth-order valence-corrected chi connectivity index (χ4v) is 5.43. The van der Waals surface area contributed by atoms with E-state index < -0.39 is 6.10 Å². The van der Waals surface area contributed by atoms with Crippen LogP contribution in [0.4, 0.5) is 10.1 Å². The van der Waals surface area contributed by atoms with Gasteiger partial charge in [-0.15, -0.1) is 0 Å². The van der Waals surface area contributed by atoms with Crippen molar-refractivity contribution < 1.29 is 24.5 Å². The number of hydrogen-bond acceptors (Lipinski definition) is 4. The fourth-order valence-electron chi connectivity index (χ4n) is 5.43. The summed E-state index contributed by atoms with van der Waals surface area (Å²) in [5, 5.41) is 31.6. The molecule has 1 fully saturated rings. The number of benzene rings is 4. The van der Waals surface area contributed by atoms with Crippen LogP contribution in [0.2, 0.25) is 0 Å². The van der Waals surface area contributed by atoms with Crippen LogP contribution in [0.15, 0.2) is 97.1 Å². The van der Waals surface area contributed by atoms with Gasteiger partial charge in [0.15, 0.2) is 0 Å². The maximum Gasteiger partial charge on any atom is 0.227 e. The van der Waals surface area contributed by atoms with E-state index in [1.54, 1.807) is 41.3 Å². The number of aromatic hydroxyl groups is 2. The Morgan fingerprint density at radius 3 is 2.32 bits per heavy atom. The van der Waals surface area contributed by atoms with Crippen molar-refractivity contribution in [3.05, 3.63) is 114 Å². The van der Waals surface area contributed by atoms with Gasteiger partial charge < -0.3 is 20.2 Å². The summed E-state index contributed by atoms with van der Waals surface area (Å²) in [7, 11) is 0. The van der Waals surface area contributed by atoms with Crippen LogP contribution in [0.1, 0.15) is 49.0 Å². The average molecular weight is 512 g/mol. The molecule has 4 aromatic carbocycles. The summed E-state index contributed by atoms with van der Waals surface area (Å²) in [5.41, 5.74) is 3.63. The van der Waals surface area contributed by atoms with Gasteiger partial charge in [-0.1, -0.05) is 61.0 Å². The number of nitrogens with zero attached hydrogens (tertiary/aromatic N) is 1. The van der Waals surface area contributed by atoms with Crippen molar-refractivity contribution in [2.24, 2.45) is 5.92 Å². The minimum Gasteiger partial charge on any atom is -0.508 e. The Morgan fingerprint density at radius 1 is 0.868 bits per heavy atom. The van der Waals surface area contributed by atoms with Gasteiger partial charge in [-0.2, -0.15) is 0 Å². The summed E-state index contributed by atoms with van der Waals surface area (Å²) >= 11 is 0. The summed E-state index contributed by atoms with van der Waals surface area (Å²) in [6.45, 7) is 0. The van der Waals surface area contributed by atoms with Crippen LogP contribution >= 0.6 is 0 Å². The molecule has 3 N–H and O–H groups in total. The Morgan fingerprint density at radius 2 is 1.61 bits per heavy atom. The van der Waals surface area contributed by atoms with Gasteiger partial charge in [0.1, 0.15) is 17.3 Å². The third-order valence-corrected chi connectivity index (χ3v) is 7.30. The number of aliphatic hydroxyl groups is 1. The second kappa shape index (κ2) is 11.1. The van der Waals surface area contributed by atoms with E-state index in [4.69, 9.17) is 0 Å². The normalized spacial score (nSPS) is 18.1. The third kappa shape index (κ3) is 5.41. The summed E-state index contributed by atoms with van der Waals surface area (Å²) in [5.74, 6) is -0.194. The van der Waals surface area contributed by atoms with E-state index in [0.29, 0.717) is 36.8 Å². The lowest BCUT2D eigenvalue weighted by Crippen LogP contribution is -2.28. The molecule has 4 aromatic rings. The average Bonchev–Trinajstić information content (AvgIpc) is 3.24. The summed E-state index contributed by atoms with van der Waals surface area (Å²) in [6.07, 6.45) is 1.44. The molecule has 0 aliphatic carbocycles. The second-order valence-electron chi connectivity index (χ2n) is 9.83. The van der Waals surface area contributed by atoms with E-state index in [9.17, 15) is 24.5 Å². The number of phenolic OH excluding ortho intramolecular Hbond substituents is 2. The van der Waals surface area contributed by atoms with Crippen molar-refractivity contribution in [3.8, 4) is 22.6 Å². The van der Waals surface area contributed by atoms with Gasteiger partial charge in [0, 0.05) is 17.7 Å². The Kier molecular flexibility index (Phi) is 7.43. The second-order valence-corrected chi connectivity index (χ2v) is 9.83. The van der Waals surface area contributed by atoms with Crippen molar-refractivity contribution in [2.45, 2.75) is 37.8 Å². The minimum atomic E-state index is -0.716. The molecule has 5 nitrogen and oxygen atoms in total. The zero-order valence-corrected chi connectivity index (χ0v) is 20.9. The molecule has 0 radical (unpaired) electrons. The number of hydrogen-bond donors (Lipinski definition) is 3. The van der Waals surface area contributed by atoms with Crippen molar-refractivity contribution in [3.63, 3.8) is 0 Å². The summed E-state index contributed by atoms with van der Waals surface area (Å²) in [4.78, 5) is 15.1. The molecule has 1 heterocycles. The third-order valence-electron chi connectivity index (χ3n) is 7.30. The topological polar surface area (TPSA) is 81.0 Å². The molecule has 6 heteroatoms. The zero-order valence-electron chi connectivity index (χ0n) is 20.9. The van der Waals surface area contributed by atoms with Gasteiger partial charge in [0.2, 0.25) is 5.91 Å². The molecule has 1 aliphatic rings. The first-order valence-electron chi connectivity index (χ1n) is 12.8. The van der Waals surface area contributed by atoms with Gasteiger partial charge in [-0.05, 0) is 77.9 Å². The predicted octanol–water partition coefficient (Wildman–Crippen LogP) is 6.90. The summed E-state index contributed by atoms with van der Waals surface area (Å²) < 4.78 is 13.2. The smallest absolute Gasteiger partial charge is 0.227 e. The van der Waals surface area contributed by atoms with Crippen molar-refractivity contribution in [1.29, 1.82) is 0 Å². The lowest BCUT2D eigenvalue weighted by atomic mass is 9.87. The maximum atomic E-state index is 13.3. The molecular weight excluding hydrogens is 481 g/mol. The fraction of sp³-hybridized carbons (Fsp3) is 0.219. The number of para-hydroxylation sites is 1. The monoisotopic (exact) mass is 511 g/mol. The highest BCUT2D eigenvalue weighted by Crippen LogP contribution is 2.47. The molecule has 5 rings (SSSR count). The standard InChI is InChI=1S/C32H30FNO4/c33-25-15-12-21(13-16-25)29(36)11-5-7-24-20-31(38)34(26-8-2-1-3-9-26)32(24)28-17-14-23(19-30(28)37)22-6-4-10-27(35)18-22/h1-4,6,8-10,12-19,24,29,32,35-37H,5,7,11,20H2. The van der Waals surface area contributed by atoms with Gasteiger partial charge in [0.25, 0.3) is 0 Å². The van der Waals surface area contributed by atoms with Gasteiger partial charge in [0.05, 0.1) is 12.1 Å². The van der Waals surface area contributed by atoms with Crippen LogP contribution in [-0.4, -0.2) is 21.2 Å². The van der Waals surface area contributed by atoms with Crippen LogP contribution in [0.3, 0.4) is 0 Å². The van der Waals surface area contributed by atoms with E-state index in [1.807, 2.05) is 48.5 Å². The maximum absolute atomic E-state index is 13.3. The number of carbonyl (C=O) groups is 1. The van der Waals surface area contributed by atoms with Crippen molar-refractivity contribution in [1.82, 2.24) is 0 Å². The molecule has 194 valence electrons. The molecule has 0 saturated carbocycles. The van der Waals surface area contributed by atoms with Crippen LogP contribution in [-0.2, 0) is 4.79 Å². The van der Waals surface area contributed by atoms with Crippen LogP contribution in [0.5, 0.6) is 11.5 Å². The molecule has 0 spiro atoms. The number of halogens is 1. The molecule has 3 atom stereocenters. The highest BCUT2D eigenvalue weighted by atomic mass is 19.1. The first-order valence-corrected chi connectivity index (χ1v) is 12.8. The number of carbonyl (C=O) groups excluding carboxylic acids is 1. The van der Waals surface area contributed by atoms with Crippen LogP contribution < -0.4 is 4.90 Å². The van der Waals surface area contributed by atoms with Crippen molar-refractivity contribution >= 4 is 11.6 Å². The lowest BCUT2D eigenvalue weighted by Gasteiger charge is -2.30. The molecule has 1 saturated heterocycles. The number of phenols is 2. The van der Waals surface area contributed by atoms with Gasteiger partial charge >= 0.3 is 0 Å².